The van der Waals surface area contributed by atoms with Gasteiger partial charge in [-0.3, -0.25) is 0 Å². The number of fused-ring (bicyclic) bond motifs is 3. The molecular formula is C61H52N3NaO7S. The van der Waals surface area contributed by atoms with Crippen LogP contribution in [0.3, 0.4) is 0 Å². The molecule has 0 saturated carbocycles. The van der Waals surface area contributed by atoms with Crippen LogP contribution in [0.2, 0.25) is 0 Å². The summed E-state index contributed by atoms with van der Waals surface area (Å²) in [6.07, 6.45) is 0.0890. The molecule has 1 atom stereocenters. The van der Waals surface area contributed by atoms with Crippen molar-refractivity contribution >= 4 is 66.0 Å². The number of aryl methyl sites for hydroxylation is 1. The van der Waals surface area contributed by atoms with Crippen molar-refractivity contribution < 1.29 is 61.5 Å². The standard InChI is InChI=1S/C61H53N3O7S.Na/c1-68-51-32-24-47(25-33-51)63(48-26-34-52(69-2)35-27-48)45-20-16-42(17-21-45)55-12-8-14-57-60(55)61-56(13-9-15-58(61)62(57)41-40-59(72(65,66)67)44-10-6-5-7-11-44)43-18-22-46(23-19-43)64(49-28-36-53(70-3)37-29-49)50-30-38-54(71-4)39-31-50;/h5-39,59H,40-41H2,1-4H3,(H,65,66,67);/q;+1/p-1. The van der Waals surface area contributed by atoms with E-state index in [0.717, 1.165) is 101 Å². The first kappa shape index (κ1) is 50.4. The normalized spacial score (nSPS) is 11.7. The first-order valence-electron chi connectivity index (χ1n) is 23.6. The average Bonchev–Trinajstić information content (AvgIpc) is 3.76. The van der Waals surface area contributed by atoms with E-state index in [2.05, 4.69) is 87.2 Å². The van der Waals surface area contributed by atoms with Crippen molar-refractivity contribution in [1.82, 2.24) is 4.57 Å². The van der Waals surface area contributed by atoms with Crippen molar-refractivity contribution in [3.63, 3.8) is 0 Å². The molecule has 10 nitrogen and oxygen atoms in total. The molecule has 0 amide bonds. The number of anilines is 6. The molecule has 360 valence electrons. The van der Waals surface area contributed by atoms with E-state index in [1.807, 2.05) is 115 Å². The Morgan fingerprint density at radius 1 is 0.425 bits per heavy atom. The van der Waals surface area contributed by atoms with Gasteiger partial charge in [-0.2, -0.15) is 0 Å². The van der Waals surface area contributed by atoms with E-state index in [1.165, 1.54) is 0 Å². The molecule has 0 N–H and O–H groups in total. The first-order valence-corrected chi connectivity index (χ1v) is 25.0. The van der Waals surface area contributed by atoms with Gasteiger partial charge in [-0.05, 0) is 168 Å². The Morgan fingerprint density at radius 2 is 0.740 bits per heavy atom. The first-order chi connectivity index (χ1) is 35.1. The average molecular weight is 994 g/mol. The Kier molecular flexibility index (Phi) is 15.3. The van der Waals surface area contributed by atoms with Crippen LogP contribution in [0.15, 0.2) is 212 Å². The summed E-state index contributed by atoms with van der Waals surface area (Å²) >= 11 is 0. The molecule has 0 radical (unpaired) electrons. The number of aromatic nitrogens is 1. The summed E-state index contributed by atoms with van der Waals surface area (Å²) in [5.74, 6) is 3.06. The molecule has 0 aliphatic heterocycles. The fraction of sp³-hybridized carbons (Fsp3) is 0.115. The number of methoxy groups -OCH3 is 4. The molecule has 9 aromatic carbocycles. The van der Waals surface area contributed by atoms with Gasteiger partial charge in [-0.1, -0.05) is 78.9 Å². The molecule has 1 unspecified atom stereocenters. The molecule has 73 heavy (non-hydrogen) atoms. The second kappa shape index (κ2) is 22.1. The number of hydrogen-bond acceptors (Lipinski definition) is 9. The molecular weight excluding hydrogens is 942 g/mol. The van der Waals surface area contributed by atoms with Crippen LogP contribution in [0.4, 0.5) is 34.1 Å². The minimum Gasteiger partial charge on any atom is -0.747 e. The SMILES string of the molecule is COc1ccc(N(c2ccc(OC)cc2)c2ccc(-c3cccc4c3c3c(-c5ccc(N(c6ccc(OC)cc6)c6ccc(OC)cc6)cc5)cccc3n4CCC(c3ccccc3)S(=O)(=O)[O-])cc2)cc1.[Na+]. The summed E-state index contributed by atoms with van der Waals surface area (Å²) < 4.78 is 62.9. The molecule has 12 heteroatoms. The molecule has 1 aromatic heterocycles. The van der Waals surface area contributed by atoms with Gasteiger partial charge in [0, 0.05) is 62.5 Å². The zero-order valence-electron chi connectivity index (χ0n) is 41.3. The monoisotopic (exact) mass is 993 g/mol. The zero-order valence-corrected chi connectivity index (χ0v) is 44.1. The van der Waals surface area contributed by atoms with Gasteiger partial charge in [0.25, 0.3) is 0 Å². The van der Waals surface area contributed by atoms with Gasteiger partial charge in [-0.25, -0.2) is 8.42 Å². The molecule has 10 aromatic rings. The van der Waals surface area contributed by atoms with Crippen molar-refractivity contribution in [2.45, 2.75) is 18.2 Å². The molecule has 0 fully saturated rings. The number of nitrogens with zero attached hydrogens (tertiary/aromatic N) is 3. The van der Waals surface area contributed by atoms with E-state index in [-0.39, 0.29) is 42.5 Å². The van der Waals surface area contributed by atoms with Crippen LogP contribution < -0.4 is 58.3 Å². The number of benzene rings is 9. The maximum Gasteiger partial charge on any atom is 1.00 e. The van der Waals surface area contributed by atoms with Crippen molar-refractivity contribution in [3.8, 4) is 45.3 Å². The van der Waals surface area contributed by atoms with Crippen molar-refractivity contribution in [2.75, 3.05) is 38.2 Å². The Labute approximate surface area is 448 Å². The predicted octanol–water partition coefficient (Wildman–Crippen LogP) is 11.8. The number of rotatable bonds is 17. The maximum absolute atomic E-state index is 12.9. The van der Waals surface area contributed by atoms with E-state index in [9.17, 15) is 13.0 Å². The van der Waals surface area contributed by atoms with Gasteiger partial charge >= 0.3 is 29.6 Å². The third kappa shape index (κ3) is 10.4. The van der Waals surface area contributed by atoms with Crippen LogP contribution in [0.5, 0.6) is 23.0 Å². The maximum atomic E-state index is 12.9. The molecule has 0 bridgehead atoms. The Hall–Kier alpha value is -7.51. The smallest absolute Gasteiger partial charge is 0.747 e. The van der Waals surface area contributed by atoms with Crippen LogP contribution in [-0.2, 0) is 16.7 Å². The molecule has 1 heterocycles. The molecule has 0 aliphatic rings. The second-order valence-corrected chi connectivity index (χ2v) is 18.8. The van der Waals surface area contributed by atoms with Crippen molar-refractivity contribution in [1.29, 1.82) is 0 Å². The Bertz CT molecular complexity index is 3280. The Morgan fingerprint density at radius 3 is 1.04 bits per heavy atom. The van der Waals surface area contributed by atoms with Crippen LogP contribution in [-0.4, -0.2) is 46.0 Å². The molecule has 10 rings (SSSR count). The molecule has 0 aliphatic carbocycles. The van der Waals surface area contributed by atoms with E-state index >= 15 is 0 Å². The minimum absolute atomic E-state index is 0. The summed E-state index contributed by atoms with van der Waals surface area (Å²) in [4.78, 5) is 4.38. The molecule has 0 saturated heterocycles. The van der Waals surface area contributed by atoms with Gasteiger partial charge in [0.05, 0.1) is 33.7 Å². The van der Waals surface area contributed by atoms with Crippen LogP contribution >= 0.6 is 0 Å². The van der Waals surface area contributed by atoms with Gasteiger partial charge in [-0.15, -0.1) is 0 Å². The van der Waals surface area contributed by atoms with Crippen molar-refractivity contribution in [2.24, 2.45) is 0 Å². The van der Waals surface area contributed by atoms with Crippen LogP contribution in [0, 0.1) is 0 Å². The summed E-state index contributed by atoms with van der Waals surface area (Å²) in [6, 6.07) is 70.3. The largest absolute Gasteiger partial charge is 1.00 e. The summed E-state index contributed by atoms with van der Waals surface area (Å²) in [5.41, 5.74) is 12.1. The predicted molar refractivity (Wildman–Crippen MR) is 289 cm³/mol. The molecule has 0 spiro atoms. The summed E-state index contributed by atoms with van der Waals surface area (Å²) in [5, 5.41) is 0.805. The van der Waals surface area contributed by atoms with Crippen molar-refractivity contribution in [3.05, 3.63) is 218 Å². The second-order valence-electron chi connectivity index (χ2n) is 17.3. The van der Waals surface area contributed by atoms with Gasteiger partial charge in [0.15, 0.2) is 0 Å². The van der Waals surface area contributed by atoms with Gasteiger partial charge in [0.1, 0.15) is 33.1 Å². The topological polar surface area (TPSA) is 106 Å². The number of ether oxygens (including phenoxy) is 4. The van der Waals surface area contributed by atoms with Gasteiger partial charge in [0.2, 0.25) is 0 Å². The minimum atomic E-state index is -4.69. The van der Waals surface area contributed by atoms with E-state index < -0.39 is 15.4 Å². The fourth-order valence-corrected chi connectivity index (χ4v) is 10.6. The van der Waals surface area contributed by atoms with E-state index in [0.29, 0.717) is 5.56 Å². The number of hydrogen-bond donors (Lipinski definition) is 0. The van der Waals surface area contributed by atoms with E-state index in [1.54, 1.807) is 52.7 Å². The summed E-state index contributed by atoms with van der Waals surface area (Å²) in [6.45, 7) is 0.281. The van der Waals surface area contributed by atoms with Crippen LogP contribution in [0.1, 0.15) is 17.2 Å². The zero-order chi connectivity index (χ0) is 49.8. The summed E-state index contributed by atoms with van der Waals surface area (Å²) in [7, 11) is 1.95. The Balaban J connectivity index is 0.00000656. The fourth-order valence-electron chi connectivity index (χ4n) is 9.70. The van der Waals surface area contributed by atoms with Gasteiger partial charge < -0.3 is 37.9 Å². The van der Waals surface area contributed by atoms with E-state index in [4.69, 9.17) is 18.9 Å². The third-order valence-corrected chi connectivity index (χ3v) is 14.5. The van der Waals surface area contributed by atoms with Crippen LogP contribution in [0.25, 0.3) is 44.1 Å². The third-order valence-electron chi connectivity index (χ3n) is 13.2. The quantitative estimate of drug-likeness (QED) is 0.0651.